The molecule has 4 rings (SSSR count). The Kier molecular flexibility index (Phi) is 4.76. The van der Waals surface area contributed by atoms with Crippen molar-refractivity contribution in [2.45, 2.75) is 32.6 Å². The van der Waals surface area contributed by atoms with Gasteiger partial charge in [-0.1, -0.05) is 17.2 Å². The van der Waals surface area contributed by atoms with Crippen molar-refractivity contribution in [1.82, 2.24) is 15.1 Å². The first-order chi connectivity index (χ1) is 13.1. The summed E-state index contributed by atoms with van der Waals surface area (Å²) in [7, 11) is 1.66. The molecule has 0 atom stereocenters. The Labute approximate surface area is 159 Å². The second kappa shape index (κ2) is 7.21. The van der Waals surface area contributed by atoms with Crippen molar-refractivity contribution >= 4 is 11.9 Å². The van der Waals surface area contributed by atoms with E-state index in [0.717, 1.165) is 37.2 Å². The van der Waals surface area contributed by atoms with Crippen molar-refractivity contribution in [1.29, 1.82) is 0 Å². The zero-order valence-electron chi connectivity index (χ0n) is 16.0. The van der Waals surface area contributed by atoms with E-state index in [4.69, 9.17) is 9.15 Å². The first-order valence-corrected chi connectivity index (χ1v) is 9.57. The highest BCUT2D eigenvalue weighted by Crippen LogP contribution is 2.39. The average molecular weight is 370 g/mol. The molecule has 0 N–H and O–H groups in total. The standard InChI is InChI=1S/C20H26N4O3/c1-15-21-22-19(27-15)24-13-20(14-24,18(25)23-9-4-3-5-10-23)12-16-7-6-8-17(11-16)26-2/h6-8,11H,3-5,9-10,12-14H2,1-2H3. The molecule has 7 heteroatoms. The number of hydrogen-bond donors (Lipinski definition) is 0. The lowest BCUT2D eigenvalue weighted by molar-refractivity contribution is -0.145. The summed E-state index contributed by atoms with van der Waals surface area (Å²) >= 11 is 0. The summed E-state index contributed by atoms with van der Waals surface area (Å²) in [6, 6.07) is 8.49. The maximum atomic E-state index is 13.4. The number of ether oxygens (including phenoxy) is 1. The van der Waals surface area contributed by atoms with Crippen LogP contribution in [0.25, 0.3) is 0 Å². The molecule has 1 aromatic carbocycles. The van der Waals surface area contributed by atoms with Gasteiger partial charge in [-0.15, -0.1) is 5.10 Å². The van der Waals surface area contributed by atoms with Crippen LogP contribution in [0, 0.1) is 12.3 Å². The van der Waals surface area contributed by atoms with Gasteiger partial charge in [-0.05, 0) is 43.4 Å². The highest BCUT2D eigenvalue weighted by molar-refractivity contribution is 5.86. The van der Waals surface area contributed by atoms with Crippen LogP contribution >= 0.6 is 0 Å². The van der Waals surface area contributed by atoms with Crippen LogP contribution in [0.15, 0.2) is 28.7 Å². The Bertz CT molecular complexity index is 807. The molecule has 144 valence electrons. The lowest BCUT2D eigenvalue weighted by atomic mass is 9.73. The Morgan fingerprint density at radius 3 is 2.67 bits per heavy atom. The summed E-state index contributed by atoms with van der Waals surface area (Å²) < 4.78 is 10.9. The molecular formula is C20H26N4O3. The quantitative estimate of drug-likeness (QED) is 0.805. The highest BCUT2D eigenvalue weighted by atomic mass is 16.5. The fraction of sp³-hybridized carbons (Fsp3) is 0.550. The fourth-order valence-corrected chi connectivity index (χ4v) is 4.16. The number of aromatic nitrogens is 2. The molecular weight excluding hydrogens is 344 g/mol. The molecule has 1 aromatic heterocycles. The van der Waals surface area contributed by atoms with Crippen LogP contribution in [0.5, 0.6) is 5.75 Å². The van der Waals surface area contributed by atoms with E-state index in [1.165, 1.54) is 6.42 Å². The smallest absolute Gasteiger partial charge is 0.318 e. The number of aryl methyl sites for hydroxylation is 1. The number of carbonyl (C=O) groups is 1. The third-order valence-electron chi connectivity index (χ3n) is 5.55. The number of nitrogens with zero attached hydrogens (tertiary/aromatic N) is 4. The summed E-state index contributed by atoms with van der Waals surface area (Å²) in [5, 5.41) is 8.01. The fourth-order valence-electron chi connectivity index (χ4n) is 4.16. The maximum absolute atomic E-state index is 13.4. The van der Waals surface area contributed by atoms with Gasteiger partial charge in [0, 0.05) is 33.1 Å². The number of rotatable bonds is 5. The van der Waals surface area contributed by atoms with E-state index in [2.05, 4.69) is 16.3 Å². The third kappa shape index (κ3) is 3.50. The van der Waals surface area contributed by atoms with Crippen molar-refractivity contribution in [2.75, 3.05) is 38.2 Å². The van der Waals surface area contributed by atoms with E-state index in [1.807, 2.05) is 28.0 Å². The number of carbonyl (C=O) groups excluding carboxylic acids is 1. The molecule has 2 aliphatic rings. The van der Waals surface area contributed by atoms with E-state index in [0.29, 0.717) is 31.4 Å². The van der Waals surface area contributed by atoms with Gasteiger partial charge in [0.15, 0.2) is 0 Å². The number of methoxy groups -OCH3 is 1. The van der Waals surface area contributed by atoms with Gasteiger partial charge in [-0.2, -0.15) is 0 Å². The number of amides is 1. The summed E-state index contributed by atoms with van der Waals surface area (Å²) in [6.07, 6.45) is 4.07. The SMILES string of the molecule is COc1cccc(CC2(C(=O)N3CCCCC3)CN(c3nnc(C)o3)C2)c1. The number of benzene rings is 1. The topological polar surface area (TPSA) is 71.7 Å². The second-order valence-corrected chi connectivity index (χ2v) is 7.62. The minimum Gasteiger partial charge on any atom is -0.497 e. The van der Waals surface area contributed by atoms with E-state index < -0.39 is 5.41 Å². The average Bonchev–Trinajstić information content (AvgIpc) is 3.10. The lowest BCUT2D eigenvalue weighted by Crippen LogP contribution is -2.65. The molecule has 2 saturated heterocycles. The Balaban J connectivity index is 1.56. The summed E-state index contributed by atoms with van der Waals surface area (Å²) in [5.74, 6) is 1.60. The predicted molar refractivity (Wildman–Crippen MR) is 101 cm³/mol. The molecule has 3 heterocycles. The summed E-state index contributed by atoms with van der Waals surface area (Å²) in [4.78, 5) is 17.5. The van der Waals surface area contributed by atoms with Gasteiger partial charge in [0.1, 0.15) is 5.75 Å². The minimum absolute atomic E-state index is 0.248. The molecule has 0 spiro atoms. The molecule has 0 saturated carbocycles. The molecule has 27 heavy (non-hydrogen) atoms. The predicted octanol–water partition coefficient (Wildman–Crippen LogP) is 2.45. The minimum atomic E-state index is -0.452. The zero-order chi connectivity index (χ0) is 18.9. The third-order valence-corrected chi connectivity index (χ3v) is 5.55. The van der Waals surface area contributed by atoms with E-state index in [-0.39, 0.29) is 5.91 Å². The Morgan fingerprint density at radius 2 is 2.00 bits per heavy atom. The monoisotopic (exact) mass is 370 g/mol. The molecule has 2 aromatic rings. The van der Waals surface area contributed by atoms with E-state index in [9.17, 15) is 4.79 Å². The Morgan fingerprint density at radius 1 is 1.22 bits per heavy atom. The van der Waals surface area contributed by atoms with Gasteiger partial charge in [0.05, 0.1) is 12.5 Å². The molecule has 7 nitrogen and oxygen atoms in total. The van der Waals surface area contributed by atoms with Crippen molar-refractivity contribution < 1.29 is 13.9 Å². The molecule has 0 radical (unpaired) electrons. The second-order valence-electron chi connectivity index (χ2n) is 7.62. The Hall–Kier alpha value is -2.57. The lowest BCUT2D eigenvalue weighted by Gasteiger charge is -2.50. The molecule has 2 aliphatic heterocycles. The van der Waals surface area contributed by atoms with Crippen molar-refractivity contribution in [2.24, 2.45) is 5.41 Å². The molecule has 2 fully saturated rings. The van der Waals surface area contributed by atoms with E-state index >= 15 is 0 Å². The van der Waals surface area contributed by atoms with Gasteiger partial charge in [0.2, 0.25) is 11.8 Å². The van der Waals surface area contributed by atoms with Crippen LogP contribution in [-0.2, 0) is 11.2 Å². The van der Waals surface area contributed by atoms with Gasteiger partial charge < -0.3 is 19.0 Å². The van der Waals surface area contributed by atoms with E-state index in [1.54, 1.807) is 14.0 Å². The van der Waals surface area contributed by atoms with Crippen LogP contribution in [-0.4, -0.2) is 54.3 Å². The van der Waals surface area contributed by atoms with Crippen molar-refractivity contribution in [3.05, 3.63) is 35.7 Å². The first kappa shape index (κ1) is 17.8. The van der Waals surface area contributed by atoms with Crippen molar-refractivity contribution in [3.63, 3.8) is 0 Å². The number of anilines is 1. The van der Waals surface area contributed by atoms with Crippen LogP contribution in [0.4, 0.5) is 6.01 Å². The van der Waals surface area contributed by atoms with Crippen LogP contribution in [0.3, 0.4) is 0 Å². The molecule has 0 bridgehead atoms. The summed E-state index contributed by atoms with van der Waals surface area (Å²) in [6.45, 7) is 4.69. The number of piperidine rings is 1. The number of hydrogen-bond acceptors (Lipinski definition) is 6. The zero-order valence-corrected chi connectivity index (χ0v) is 16.0. The summed E-state index contributed by atoms with van der Waals surface area (Å²) in [5.41, 5.74) is 0.660. The van der Waals surface area contributed by atoms with Gasteiger partial charge >= 0.3 is 6.01 Å². The molecule has 0 unspecified atom stereocenters. The van der Waals surface area contributed by atoms with Crippen molar-refractivity contribution in [3.8, 4) is 5.75 Å². The van der Waals surface area contributed by atoms with Gasteiger partial charge in [-0.3, -0.25) is 4.79 Å². The number of likely N-dealkylation sites (tertiary alicyclic amines) is 1. The van der Waals surface area contributed by atoms with Crippen LogP contribution < -0.4 is 9.64 Å². The van der Waals surface area contributed by atoms with Crippen LogP contribution in [0.2, 0.25) is 0 Å². The molecule has 0 aliphatic carbocycles. The van der Waals surface area contributed by atoms with Gasteiger partial charge in [-0.25, -0.2) is 0 Å². The first-order valence-electron chi connectivity index (χ1n) is 9.57. The highest BCUT2D eigenvalue weighted by Gasteiger charge is 2.52. The van der Waals surface area contributed by atoms with Crippen LogP contribution in [0.1, 0.15) is 30.7 Å². The largest absolute Gasteiger partial charge is 0.497 e. The van der Waals surface area contributed by atoms with Gasteiger partial charge in [0.25, 0.3) is 0 Å². The molecule has 1 amide bonds. The maximum Gasteiger partial charge on any atom is 0.318 e. The normalized spacial score (nSPS) is 18.9.